The number of hydrogen-bond acceptors (Lipinski definition) is 4. The fourth-order valence-corrected chi connectivity index (χ4v) is 3.45. The fraction of sp³-hybridized carbons (Fsp3) is 0.409. The van der Waals surface area contributed by atoms with Gasteiger partial charge in [0.15, 0.2) is 0 Å². The molecule has 26 heavy (non-hydrogen) atoms. The lowest BCUT2D eigenvalue weighted by molar-refractivity contribution is -0.162. The minimum atomic E-state index is -0.643. The molecule has 0 radical (unpaired) electrons. The first-order valence-electron chi connectivity index (χ1n) is 9.06. The highest BCUT2D eigenvalue weighted by atomic mass is 16.6. The van der Waals surface area contributed by atoms with E-state index in [-0.39, 0.29) is 19.0 Å². The molecule has 2 aromatic carbocycles. The molecule has 0 saturated carbocycles. The summed E-state index contributed by atoms with van der Waals surface area (Å²) in [4.78, 5) is 11.5. The van der Waals surface area contributed by atoms with Crippen molar-refractivity contribution in [1.29, 1.82) is 0 Å². The molecule has 0 aliphatic carbocycles. The number of hydrogen-bond donors (Lipinski definition) is 1. The molecule has 4 nitrogen and oxygen atoms in total. The Labute approximate surface area is 154 Å². The van der Waals surface area contributed by atoms with Crippen molar-refractivity contribution < 1.29 is 19.4 Å². The van der Waals surface area contributed by atoms with E-state index in [1.807, 2.05) is 6.92 Å². The van der Waals surface area contributed by atoms with Crippen molar-refractivity contribution in [2.45, 2.75) is 52.2 Å². The second-order valence-corrected chi connectivity index (χ2v) is 7.25. The molecule has 0 amide bonds. The average molecular weight is 354 g/mol. The van der Waals surface area contributed by atoms with Gasteiger partial charge in [-0.1, -0.05) is 47.5 Å². The zero-order valence-electron chi connectivity index (χ0n) is 15.6. The van der Waals surface area contributed by atoms with Crippen LogP contribution in [0.1, 0.15) is 40.7 Å². The summed E-state index contributed by atoms with van der Waals surface area (Å²) in [6.45, 7) is 6.44. The highest BCUT2D eigenvalue weighted by Gasteiger charge is 2.28. The molecule has 0 aromatic heterocycles. The van der Waals surface area contributed by atoms with Crippen molar-refractivity contribution in [1.82, 2.24) is 0 Å². The van der Waals surface area contributed by atoms with E-state index < -0.39 is 12.2 Å². The van der Waals surface area contributed by atoms with Gasteiger partial charge in [-0.15, -0.1) is 0 Å². The van der Waals surface area contributed by atoms with Crippen LogP contribution in [0.5, 0.6) is 5.75 Å². The molecular formula is C22H26O4. The molecule has 138 valence electrons. The lowest BCUT2D eigenvalue weighted by atomic mass is 9.98. The third-order valence-electron chi connectivity index (χ3n) is 4.66. The normalized spacial score (nSPS) is 19.9. The van der Waals surface area contributed by atoms with Crippen LogP contribution < -0.4 is 4.74 Å². The monoisotopic (exact) mass is 354 g/mol. The maximum Gasteiger partial charge on any atom is 0.308 e. The molecule has 3 rings (SSSR count). The van der Waals surface area contributed by atoms with Crippen LogP contribution in [0.15, 0.2) is 36.4 Å². The Morgan fingerprint density at radius 2 is 1.85 bits per heavy atom. The van der Waals surface area contributed by atoms with Crippen LogP contribution in [0.3, 0.4) is 0 Å². The van der Waals surface area contributed by atoms with Crippen molar-refractivity contribution in [3.63, 3.8) is 0 Å². The minimum absolute atomic E-state index is 0.0682. The third-order valence-corrected chi connectivity index (χ3v) is 4.66. The summed E-state index contributed by atoms with van der Waals surface area (Å²) in [5.74, 6) is 0.477. The standard InChI is InChI=1S/C22H26O4/c1-14-4-6-17(7-5-14)10-18-9-15(2)8-16(3)22(18)25-13-20-11-19(23)12-21(24)26-20/h4-9,19-20,23H,10-13H2,1-3H3. The highest BCUT2D eigenvalue weighted by molar-refractivity contribution is 5.71. The van der Waals surface area contributed by atoms with Crippen LogP contribution in [0, 0.1) is 20.8 Å². The van der Waals surface area contributed by atoms with Crippen LogP contribution in [-0.2, 0) is 16.0 Å². The van der Waals surface area contributed by atoms with E-state index in [4.69, 9.17) is 9.47 Å². The fourth-order valence-electron chi connectivity index (χ4n) is 3.45. The molecule has 1 aliphatic heterocycles. The van der Waals surface area contributed by atoms with E-state index in [1.54, 1.807) is 0 Å². The predicted molar refractivity (Wildman–Crippen MR) is 101 cm³/mol. The summed E-state index contributed by atoms with van der Waals surface area (Å²) in [7, 11) is 0. The highest BCUT2D eigenvalue weighted by Crippen LogP contribution is 2.29. The molecule has 2 unspecified atom stereocenters. The number of cyclic esters (lactones) is 1. The van der Waals surface area contributed by atoms with Crippen LogP contribution >= 0.6 is 0 Å². The van der Waals surface area contributed by atoms with Crippen molar-refractivity contribution in [3.8, 4) is 5.75 Å². The zero-order chi connectivity index (χ0) is 18.7. The lowest BCUT2D eigenvalue weighted by Gasteiger charge is -2.26. The topological polar surface area (TPSA) is 55.8 Å². The van der Waals surface area contributed by atoms with Gasteiger partial charge in [0, 0.05) is 12.8 Å². The second-order valence-electron chi connectivity index (χ2n) is 7.25. The Morgan fingerprint density at radius 3 is 2.54 bits per heavy atom. The Morgan fingerprint density at radius 1 is 1.12 bits per heavy atom. The number of carbonyl (C=O) groups is 1. The van der Waals surface area contributed by atoms with Gasteiger partial charge in [0.05, 0.1) is 12.5 Å². The Bertz CT molecular complexity index is 779. The summed E-state index contributed by atoms with van der Waals surface area (Å²) < 4.78 is 11.4. The molecule has 2 aromatic rings. The quantitative estimate of drug-likeness (QED) is 0.833. The molecule has 2 atom stereocenters. The van der Waals surface area contributed by atoms with E-state index in [0.717, 1.165) is 23.3 Å². The van der Waals surface area contributed by atoms with E-state index in [9.17, 15) is 9.90 Å². The van der Waals surface area contributed by atoms with Gasteiger partial charge in [0.2, 0.25) is 0 Å². The Hall–Kier alpha value is -2.33. The SMILES string of the molecule is Cc1ccc(Cc2cc(C)cc(C)c2OCC2CC(O)CC(=O)O2)cc1. The molecular weight excluding hydrogens is 328 g/mol. The summed E-state index contributed by atoms with van der Waals surface area (Å²) >= 11 is 0. The van der Waals surface area contributed by atoms with Crippen molar-refractivity contribution in [3.05, 3.63) is 64.2 Å². The number of carbonyl (C=O) groups excluding carboxylic acids is 1. The summed E-state index contributed by atoms with van der Waals surface area (Å²) in [5, 5.41) is 9.75. The van der Waals surface area contributed by atoms with Gasteiger partial charge < -0.3 is 14.6 Å². The van der Waals surface area contributed by atoms with Gasteiger partial charge in [-0.05, 0) is 37.5 Å². The van der Waals surface area contributed by atoms with Crippen molar-refractivity contribution in [2.75, 3.05) is 6.61 Å². The number of rotatable bonds is 5. The maximum absolute atomic E-state index is 11.5. The first kappa shape index (κ1) is 18.5. The summed E-state index contributed by atoms with van der Waals surface area (Å²) in [6, 6.07) is 12.7. The molecule has 1 N–H and O–H groups in total. The van der Waals surface area contributed by atoms with Gasteiger partial charge in [-0.2, -0.15) is 0 Å². The number of aryl methyl sites for hydroxylation is 3. The Kier molecular flexibility index (Phi) is 5.62. The lowest BCUT2D eigenvalue weighted by Crippen LogP contribution is -2.36. The van der Waals surface area contributed by atoms with Crippen LogP contribution in [0.25, 0.3) is 0 Å². The number of ether oxygens (including phenoxy) is 2. The third kappa shape index (κ3) is 4.64. The number of aliphatic hydroxyl groups excluding tert-OH is 1. The molecule has 1 aliphatic rings. The van der Waals surface area contributed by atoms with Crippen LogP contribution in [-0.4, -0.2) is 29.9 Å². The summed E-state index contributed by atoms with van der Waals surface area (Å²) in [5.41, 5.74) is 5.84. The van der Waals surface area contributed by atoms with Crippen molar-refractivity contribution in [2.24, 2.45) is 0 Å². The van der Waals surface area contributed by atoms with Gasteiger partial charge >= 0.3 is 5.97 Å². The molecule has 0 spiro atoms. The van der Waals surface area contributed by atoms with Gasteiger partial charge in [-0.25, -0.2) is 0 Å². The van der Waals surface area contributed by atoms with Gasteiger partial charge in [0.1, 0.15) is 18.5 Å². The van der Waals surface area contributed by atoms with Gasteiger partial charge in [0.25, 0.3) is 0 Å². The molecule has 0 bridgehead atoms. The van der Waals surface area contributed by atoms with E-state index in [1.165, 1.54) is 16.7 Å². The van der Waals surface area contributed by atoms with Crippen molar-refractivity contribution >= 4 is 5.97 Å². The number of aliphatic hydroxyl groups is 1. The summed E-state index contributed by atoms with van der Waals surface area (Å²) in [6.07, 6.45) is 0.226. The molecule has 4 heteroatoms. The Balaban J connectivity index is 1.77. The van der Waals surface area contributed by atoms with E-state index in [2.05, 4.69) is 50.2 Å². The smallest absolute Gasteiger partial charge is 0.308 e. The average Bonchev–Trinajstić information content (AvgIpc) is 2.55. The second kappa shape index (κ2) is 7.92. The van der Waals surface area contributed by atoms with Crippen LogP contribution in [0.4, 0.5) is 0 Å². The number of esters is 1. The largest absolute Gasteiger partial charge is 0.489 e. The van der Waals surface area contributed by atoms with E-state index in [0.29, 0.717) is 6.42 Å². The molecule has 1 heterocycles. The first-order valence-corrected chi connectivity index (χ1v) is 9.06. The maximum atomic E-state index is 11.5. The van der Waals surface area contributed by atoms with Crippen LogP contribution in [0.2, 0.25) is 0 Å². The molecule has 1 fully saturated rings. The number of benzene rings is 2. The van der Waals surface area contributed by atoms with Gasteiger partial charge in [-0.3, -0.25) is 4.79 Å². The van der Waals surface area contributed by atoms with E-state index >= 15 is 0 Å². The zero-order valence-corrected chi connectivity index (χ0v) is 15.6. The molecule has 1 saturated heterocycles. The first-order chi connectivity index (χ1) is 12.4. The predicted octanol–water partition coefficient (Wildman–Crippen LogP) is 3.65. The minimum Gasteiger partial charge on any atom is -0.489 e.